The second-order valence-corrected chi connectivity index (χ2v) is 7.78. The molecular formula is C19H20N4O3S. The Bertz CT molecular complexity index is 1090. The van der Waals surface area contributed by atoms with Crippen LogP contribution in [0.2, 0.25) is 0 Å². The quantitative estimate of drug-likeness (QED) is 0.704. The molecule has 0 spiro atoms. The van der Waals surface area contributed by atoms with E-state index in [4.69, 9.17) is 5.14 Å². The van der Waals surface area contributed by atoms with Gasteiger partial charge in [-0.15, -0.1) is 0 Å². The van der Waals surface area contributed by atoms with Gasteiger partial charge < -0.3 is 5.32 Å². The fourth-order valence-corrected chi connectivity index (χ4v) is 3.44. The normalized spacial score (nSPS) is 11.4. The standard InChI is InChI=1S/C19H20N4O3S/c1-13-18(14(2)23(22-13)12-15-7-4-3-5-8-15)19(24)21-16-9-6-10-17(11-16)27(20,25)26/h3-11H,12H2,1-2H3,(H,21,24)(H2,20,25,26). The van der Waals surface area contributed by atoms with Crippen molar-refractivity contribution in [3.63, 3.8) is 0 Å². The molecule has 0 unspecified atom stereocenters. The highest BCUT2D eigenvalue weighted by atomic mass is 32.2. The topological polar surface area (TPSA) is 107 Å². The van der Waals surface area contributed by atoms with Crippen molar-refractivity contribution < 1.29 is 13.2 Å². The summed E-state index contributed by atoms with van der Waals surface area (Å²) in [5, 5.41) is 12.3. The summed E-state index contributed by atoms with van der Waals surface area (Å²) >= 11 is 0. The summed E-state index contributed by atoms with van der Waals surface area (Å²) in [6.45, 7) is 4.16. The Kier molecular flexibility index (Phi) is 5.11. The monoisotopic (exact) mass is 384 g/mol. The predicted molar refractivity (Wildman–Crippen MR) is 103 cm³/mol. The number of amides is 1. The predicted octanol–water partition coefficient (Wildman–Crippen LogP) is 2.45. The molecule has 140 valence electrons. The lowest BCUT2D eigenvalue weighted by molar-refractivity contribution is 0.102. The molecule has 7 nitrogen and oxygen atoms in total. The van der Waals surface area contributed by atoms with E-state index in [-0.39, 0.29) is 10.8 Å². The van der Waals surface area contributed by atoms with Crippen LogP contribution in [0.3, 0.4) is 0 Å². The molecule has 1 heterocycles. The summed E-state index contributed by atoms with van der Waals surface area (Å²) in [7, 11) is -3.84. The van der Waals surface area contributed by atoms with E-state index in [1.807, 2.05) is 37.3 Å². The fourth-order valence-electron chi connectivity index (χ4n) is 2.88. The van der Waals surface area contributed by atoms with Crippen molar-refractivity contribution in [3.8, 4) is 0 Å². The van der Waals surface area contributed by atoms with Crippen LogP contribution in [0.1, 0.15) is 27.3 Å². The minimum absolute atomic E-state index is 0.0616. The van der Waals surface area contributed by atoms with Gasteiger partial charge in [-0.2, -0.15) is 5.10 Å². The second kappa shape index (κ2) is 7.34. The van der Waals surface area contributed by atoms with Gasteiger partial charge in [0.15, 0.2) is 0 Å². The maximum atomic E-state index is 12.7. The average molecular weight is 384 g/mol. The van der Waals surface area contributed by atoms with Crippen LogP contribution < -0.4 is 10.5 Å². The van der Waals surface area contributed by atoms with Crippen LogP contribution in [-0.2, 0) is 16.6 Å². The van der Waals surface area contributed by atoms with Gasteiger partial charge in [0.2, 0.25) is 10.0 Å². The molecule has 0 atom stereocenters. The van der Waals surface area contributed by atoms with Gasteiger partial charge in [0.05, 0.1) is 22.7 Å². The Morgan fingerprint density at radius 1 is 1.11 bits per heavy atom. The van der Waals surface area contributed by atoms with Crippen molar-refractivity contribution >= 4 is 21.6 Å². The largest absolute Gasteiger partial charge is 0.322 e. The molecule has 3 aromatic rings. The maximum Gasteiger partial charge on any atom is 0.259 e. The van der Waals surface area contributed by atoms with E-state index < -0.39 is 10.0 Å². The van der Waals surface area contributed by atoms with Crippen molar-refractivity contribution in [1.29, 1.82) is 0 Å². The number of hydrogen-bond acceptors (Lipinski definition) is 4. The van der Waals surface area contributed by atoms with Crippen LogP contribution >= 0.6 is 0 Å². The first-order valence-corrected chi connectivity index (χ1v) is 9.82. The van der Waals surface area contributed by atoms with E-state index in [0.717, 1.165) is 11.3 Å². The fraction of sp³-hybridized carbons (Fsp3) is 0.158. The summed E-state index contributed by atoms with van der Waals surface area (Å²) < 4.78 is 24.7. The molecule has 0 fully saturated rings. The van der Waals surface area contributed by atoms with E-state index in [1.54, 1.807) is 17.7 Å². The van der Waals surface area contributed by atoms with Crippen molar-refractivity contribution in [2.24, 2.45) is 5.14 Å². The number of rotatable bonds is 5. The first kappa shape index (κ1) is 18.8. The number of sulfonamides is 1. The molecule has 0 saturated heterocycles. The highest BCUT2D eigenvalue weighted by molar-refractivity contribution is 7.89. The van der Waals surface area contributed by atoms with Gasteiger partial charge in [0, 0.05) is 11.4 Å². The van der Waals surface area contributed by atoms with Gasteiger partial charge in [-0.3, -0.25) is 9.48 Å². The molecule has 1 aromatic heterocycles. The molecule has 1 amide bonds. The number of aromatic nitrogens is 2. The lowest BCUT2D eigenvalue weighted by Crippen LogP contribution is -2.16. The molecule has 0 aliphatic carbocycles. The third-order valence-corrected chi connectivity index (χ3v) is 5.12. The van der Waals surface area contributed by atoms with Crippen molar-refractivity contribution in [2.45, 2.75) is 25.3 Å². The van der Waals surface area contributed by atoms with Crippen molar-refractivity contribution in [1.82, 2.24) is 9.78 Å². The Morgan fingerprint density at radius 3 is 2.48 bits per heavy atom. The number of aryl methyl sites for hydroxylation is 1. The molecule has 0 saturated carbocycles. The summed E-state index contributed by atoms with van der Waals surface area (Å²) in [5.74, 6) is -0.351. The minimum Gasteiger partial charge on any atom is -0.322 e. The van der Waals surface area contributed by atoms with Gasteiger partial charge in [-0.25, -0.2) is 13.6 Å². The molecular weight excluding hydrogens is 364 g/mol. The van der Waals surface area contributed by atoms with Gasteiger partial charge in [0.1, 0.15) is 0 Å². The zero-order valence-electron chi connectivity index (χ0n) is 15.0. The Labute approximate surface area is 157 Å². The summed E-state index contributed by atoms with van der Waals surface area (Å²) in [6.07, 6.45) is 0. The summed E-state index contributed by atoms with van der Waals surface area (Å²) in [5.41, 5.74) is 3.23. The van der Waals surface area contributed by atoms with Crippen LogP contribution in [0.15, 0.2) is 59.5 Å². The lowest BCUT2D eigenvalue weighted by atomic mass is 10.1. The van der Waals surface area contributed by atoms with Gasteiger partial charge in [-0.05, 0) is 37.6 Å². The Hall–Kier alpha value is -2.97. The number of hydrogen-bond donors (Lipinski definition) is 2. The zero-order valence-corrected chi connectivity index (χ0v) is 15.8. The molecule has 0 aliphatic heterocycles. The van der Waals surface area contributed by atoms with Crippen molar-refractivity contribution in [2.75, 3.05) is 5.32 Å². The molecule has 3 N–H and O–H groups in total. The summed E-state index contributed by atoms with van der Waals surface area (Å²) in [4.78, 5) is 12.7. The number of anilines is 1. The molecule has 3 rings (SSSR count). The van der Waals surface area contributed by atoms with E-state index in [9.17, 15) is 13.2 Å². The van der Waals surface area contributed by atoms with Crippen LogP contribution in [0, 0.1) is 13.8 Å². The average Bonchev–Trinajstić information content (AvgIpc) is 2.89. The van der Waals surface area contributed by atoms with E-state index >= 15 is 0 Å². The molecule has 0 radical (unpaired) electrons. The molecule has 27 heavy (non-hydrogen) atoms. The smallest absolute Gasteiger partial charge is 0.259 e. The zero-order chi connectivity index (χ0) is 19.6. The minimum atomic E-state index is -3.84. The first-order chi connectivity index (χ1) is 12.8. The molecule has 2 aromatic carbocycles. The highest BCUT2D eigenvalue weighted by Gasteiger charge is 2.19. The van der Waals surface area contributed by atoms with Gasteiger partial charge in [0.25, 0.3) is 5.91 Å². The van der Waals surface area contributed by atoms with Gasteiger partial charge in [-0.1, -0.05) is 36.4 Å². The SMILES string of the molecule is Cc1nn(Cc2ccccc2)c(C)c1C(=O)Nc1cccc(S(N)(=O)=O)c1. The maximum absolute atomic E-state index is 12.7. The number of benzene rings is 2. The number of carbonyl (C=O) groups is 1. The van der Waals surface area contributed by atoms with E-state index in [0.29, 0.717) is 23.5 Å². The van der Waals surface area contributed by atoms with E-state index in [1.165, 1.54) is 18.2 Å². The van der Waals surface area contributed by atoms with Crippen molar-refractivity contribution in [3.05, 3.63) is 77.1 Å². The first-order valence-electron chi connectivity index (χ1n) is 8.28. The lowest BCUT2D eigenvalue weighted by Gasteiger charge is -2.08. The Balaban J connectivity index is 1.85. The van der Waals surface area contributed by atoms with Crippen LogP contribution in [0.25, 0.3) is 0 Å². The number of carbonyl (C=O) groups excluding carboxylic acids is 1. The number of nitrogens with one attached hydrogen (secondary N) is 1. The van der Waals surface area contributed by atoms with Crippen LogP contribution in [0.4, 0.5) is 5.69 Å². The number of primary sulfonamides is 1. The summed E-state index contributed by atoms with van der Waals surface area (Å²) in [6, 6.07) is 15.7. The molecule has 0 aliphatic rings. The van der Waals surface area contributed by atoms with E-state index in [2.05, 4.69) is 10.4 Å². The Morgan fingerprint density at radius 2 is 1.81 bits per heavy atom. The third kappa shape index (κ3) is 4.24. The molecule has 8 heteroatoms. The highest BCUT2D eigenvalue weighted by Crippen LogP contribution is 2.19. The van der Waals surface area contributed by atoms with Crippen LogP contribution in [-0.4, -0.2) is 24.1 Å². The number of nitrogens with zero attached hydrogens (tertiary/aromatic N) is 2. The molecule has 0 bridgehead atoms. The van der Waals surface area contributed by atoms with Crippen LogP contribution in [0.5, 0.6) is 0 Å². The number of nitrogens with two attached hydrogens (primary N) is 1. The second-order valence-electron chi connectivity index (χ2n) is 6.22. The third-order valence-electron chi connectivity index (χ3n) is 4.20. The van der Waals surface area contributed by atoms with Gasteiger partial charge >= 0.3 is 0 Å².